The van der Waals surface area contributed by atoms with E-state index in [0.29, 0.717) is 18.2 Å². The van der Waals surface area contributed by atoms with Gasteiger partial charge in [-0.1, -0.05) is 53.7 Å². The first-order chi connectivity index (χ1) is 16.1. The van der Waals surface area contributed by atoms with Crippen molar-refractivity contribution in [1.29, 1.82) is 0 Å². The number of thioether (sulfide) groups is 1. The van der Waals surface area contributed by atoms with Crippen LogP contribution in [0.25, 0.3) is 11.0 Å². The fourth-order valence-electron chi connectivity index (χ4n) is 3.27. The molecule has 33 heavy (non-hydrogen) atoms. The molecule has 0 aliphatic rings. The zero-order valence-corrected chi connectivity index (χ0v) is 19.6. The van der Waals surface area contributed by atoms with E-state index >= 15 is 0 Å². The van der Waals surface area contributed by atoms with Crippen LogP contribution < -0.4 is 10.2 Å². The Bertz CT molecular complexity index is 1270. The topological polar surface area (TPSA) is 68.5 Å². The van der Waals surface area contributed by atoms with Crippen molar-refractivity contribution in [2.24, 2.45) is 5.10 Å². The summed E-state index contributed by atoms with van der Waals surface area (Å²) >= 11 is 7.74. The number of amides is 1. The van der Waals surface area contributed by atoms with Crippen molar-refractivity contribution in [3.63, 3.8) is 0 Å². The van der Waals surface area contributed by atoms with Crippen LogP contribution in [0.4, 0.5) is 0 Å². The van der Waals surface area contributed by atoms with E-state index < -0.39 is 0 Å². The molecular weight excluding hydrogens is 456 g/mol. The molecule has 0 atom stereocenters. The molecule has 4 rings (SSSR count). The van der Waals surface area contributed by atoms with Crippen molar-refractivity contribution in [2.45, 2.75) is 18.6 Å². The first kappa shape index (κ1) is 22.9. The van der Waals surface area contributed by atoms with E-state index in [1.54, 1.807) is 6.21 Å². The van der Waals surface area contributed by atoms with E-state index in [4.69, 9.17) is 21.3 Å². The lowest BCUT2D eigenvalue weighted by Gasteiger charge is -2.10. The molecule has 3 aromatic carbocycles. The highest BCUT2D eigenvalue weighted by atomic mass is 35.5. The molecule has 8 heteroatoms. The second-order valence-electron chi connectivity index (χ2n) is 7.14. The number of hydrazone groups is 1. The van der Waals surface area contributed by atoms with E-state index in [1.165, 1.54) is 11.8 Å². The molecule has 0 bridgehead atoms. The summed E-state index contributed by atoms with van der Waals surface area (Å²) < 4.78 is 7.50. The van der Waals surface area contributed by atoms with E-state index in [9.17, 15) is 4.79 Å². The molecule has 6 nitrogen and oxygen atoms in total. The number of benzene rings is 3. The average molecular weight is 479 g/mol. The Kier molecular flexibility index (Phi) is 7.65. The number of hydrogen-bond donors (Lipinski definition) is 1. The quantitative estimate of drug-likeness (QED) is 0.199. The molecule has 168 valence electrons. The molecule has 4 aromatic rings. The predicted molar refractivity (Wildman–Crippen MR) is 134 cm³/mol. The lowest BCUT2D eigenvalue weighted by molar-refractivity contribution is -0.118. The van der Waals surface area contributed by atoms with Crippen LogP contribution in [0, 0.1) is 0 Å². The Morgan fingerprint density at radius 2 is 1.88 bits per heavy atom. The van der Waals surface area contributed by atoms with Crippen LogP contribution in [0.15, 0.2) is 83.1 Å². The van der Waals surface area contributed by atoms with E-state index in [1.807, 2.05) is 79.7 Å². The molecule has 0 aliphatic heterocycles. The van der Waals surface area contributed by atoms with Gasteiger partial charge in [0, 0.05) is 5.02 Å². The SMILES string of the molecule is CCOc1ccc(/C=N\NC(=O)CSc2nc3ccccc3n2Cc2ccccc2Cl)cc1. The number of carbonyl (C=O) groups is 1. The maximum absolute atomic E-state index is 12.4. The largest absolute Gasteiger partial charge is 0.494 e. The highest BCUT2D eigenvalue weighted by molar-refractivity contribution is 7.99. The Morgan fingerprint density at radius 1 is 1.12 bits per heavy atom. The van der Waals surface area contributed by atoms with Crippen LogP contribution in [0.3, 0.4) is 0 Å². The summed E-state index contributed by atoms with van der Waals surface area (Å²) in [5, 5.41) is 5.50. The maximum Gasteiger partial charge on any atom is 0.250 e. The van der Waals surface area contributed by atoms with E-state index in [0.717, 1.165) is 33.1 Å². The summed E-state index contributed by atoms with van der Waals surface area (Å²) in [6.45, 7) is 3.13. The van der Waals surface area contributed by atoms with Crippen LogP contribution in [0.5, 0.6) is 5.75 Å². The molecule has 1 heterocycles. The van der Waals surface area contributed by atoms with Crippen molar-refractivity contribution < 1.29 is 9.53 Å². The van der Waals surface area contributed by atoms with Gasteiger partial charge >= 0.3 is 0 Å². The Morgan fingerprint density at radius 3 is 2.67 bits per heavy atom. The molecule has 1 N–H and O–H groups in total. The molecule has 1 aromatic heterocycles. The van der Waals surface area contributed by atoms with Gasteiger partial charge in [-0.3, -0.25) is 4.79 Å². The molecule has 0 unspecified atom stereocenters. The zero-order valence-electron chi connectivity index (χ0n) is 18.1. The van der Waals surface area contributed by atoms with Crippen molar-refractivity contribution in [1.82, 2.24) is 15.0 Å². The number of fused-ring (bicyclic) bond motifs is 1. The van der Waals surface area contributed by atoms with Gasteiger partial charge in [-0.2, -0.15) is 5.10 Å². The smallest absolute Gasteiger partial charge is 0.250 e. The third-order valence-corrected chi connectivity index (χ3v) is 6.18. The third-order valence-electron chi connectivity index (χ3n) is 4.83. The Balaban J connectivity index is 1.41. The van der Waals surface area contributed by atoms with Gasteiger partial charge < -0.3 is 9.30 Å². The summed E-state index contributed by atoms with van der Waals surface area (Å²) in [6, 6.07) is 23.1. The highest BCUT2D eigenvalue weighted by Gasteiger charge is 2.14. The van der Waals surface area contributed by atoms with Crippen LogP contribution in [0.1, 0.15) is 18.1 Å². The van der Waals surface area contributed by atoms with Crippen molar-refractivity contribution >= 4 is 46.5 Å². The Labute approximate surface area is 201 Å². The van der Waals surface area contributed by atoms with Gasteiger partial charge in [0.15, 0.2) is 5.16 Å². The number of para-hydroxylation sites is 2. The van der Waals surface area contributed by atoms with Gasteiger partial charge in [-0.15, -0.1) is 0 Å². The fraction of sp³-hybridized carbons (Fsp3) is 0.160. The summed E-state index contributed by atoms with van der Waals surface area (Å²) in [7, 11) is 0. The fourth-order valence-corrected chi connectivity index (χ4v) is 4.27. The predicted octanol–water partition coefficient (Wildman–Crippen LogP) is 5.38. The lowest BCUT2D eigenvalue weighted by atomic mass is 10.2. The molecule has 0 saturated carbocycles. The molecule has 0 spiro atoms. The van der Waals surface area contributed by atoms with Crippen LogP contribution in [0.2, 0.25) is 5.02 Å². The standard InChI is InChI=1S/C25H23ClN4O2S/c1-2-32-20-13-11-18(12-14-20)15-27-29-24(31)17-33-25-28-22-9-5-6-10-23(22)30(25)16-19-7-3-4-8-21(19)26/h3-15H,2,16-17H2,1H3,(H,29,31)/b27-15-. The van der Waals surface area contributed by atoms with Crippen LogP contribution in [-0.2, 0) is 11.3 Å². The second kappa shape index (κ2) is 11.0. The molecular formula is C25H23ClN4O2S. The number of halogens is 1. The third kappa shape index (κ3) is 5.94. The number of nitrogens with zero attached hydrogens (tertiary/aromatic N) is 3. The number of aromatic nitrogens is 2. The number of rotatable bonds is 9. The number of imidazole rings is 1. The average Bonchev–Trinajstić information content (AvgIpc) is 3.18. The highest BCUT2D eigenvalue weighted by Crippen LogP contribution is 2.27. The van der Waals surface area contributed by atoms with E-state index in [-0.39, 0.29) is 11.7 Å². The Hall–Kier alpha value is -3.29. The summed E-state index contributed by atoms with van der Waals surface area (Å²) in [5.41, 5.74) is 6.31. The number of carbonyl (C=O) groups excluding carboxylic acids is 1. The van der Waals surface area contributed by atoms with Gasteiger partial charge in [-0.25, -0.2) is 10.4 Å². The minimum atomic E-state index is -0.210. The minimum Gasteiger partial charge on any atom is -0.494 e. The molecule has 1 amide bonds. The zero-order chi connectivity index (χ0) is 23.0. The summed E-state index contributed by atoms with van der Waals surface area (Å²) in [5.74, 6) is 0.778. The number of ether oxygens (including phenoxy) is 1. The van der Waals surface area contributed by atoms with Crippen molar-refractivity contribution in [2.75, 3.05) is 12.4 Å². The van der Waals surface area contributed by atoms with Crippen LogP contribution in [-0.4, -0.2) is 34.0 Å². The number of nitrogens with one attached hydrogen (secondary N) is 1. The maximum atomic E-state index is 12.4. The second-order valence-corrected chi connectivity index (χ2v) is 8.49. The lowest BCUT2D eigenvalue weighted by Crippen LogP contribution is -2.20. The molecule has 0 fully saturated rings. The van der Waals surface area contributed by atoms with Gasteiger partial charge in [0.1, 0.15) is 5.75 Å². The minimum absolute atomic E-state index is 0.187. The molecule has 0 radical (unpaired) electrons. The monoisotopic (exact) mass is 478 g/mol. The van der Waals surface area contributed by atoms with Crippen molar-refractivity contribution in [3.05, 3.63) is 88.9 Å². The van der Waals surface area contributed by atoms with Gasteiger partial charge in [0.05, 0.1) is 36.2 Å². The summed E-state index contributed by atoms with van der Waals surface area (Å²) in [6.07, 6.45) is 1.60. The molecule has 0 saturated heterocycles. The number of hydrogen-bond acceptors (Lipinski definition) is 5. The normalized spacial score (nSPS) is 11.2. The molecule has 0 aliphatic carbocycles. The van der Waals surface area contributed by atoms with Crippen molar-refractivity contribution in [3.8, 4) is 5.75 Å². The first-order valence-electron chi connectivity index (χ1n) is 10.5. The van der Waals surface area contributed by atoms with Crippen LogP contribution >= 0.6 is 23.4 Å². The summed E-state index contributed by atoms with van der Waals surface area (Å²) in [4.78, 5) is 17.1. The van der Waals surface area contributed by atoms with Gasteiger partial charge in [0.2, 0.25) is 0 Å². The first-order valence-corrected chi connectivity index (χ1v) is 11.9. The van der Waals surface area contributed by atoms with E-state index in [2.05, 4.69) is 15.1 Å². The van der Waals surface area contributed by atoms with Gasteiger partial charge in [-0.05, 0) is 60.5 Å². The van der Waals surface area contributed by atoms with Gasteiger partial charge in [0.25, 0.3) is 5.91 Å².